The third-order valence-corrected chi connectivity index (χ3v) is 4.16. The van der Waals surface area contributed by atoms with Crippen LogP contribution in [0.2, 0.25) is 0 Å². The van der Waals surface area contributed by atoms with Crippen molar-refractivity contribution in [3.63, 3.8) is 0 Å². The molecule has 0 bridgehead atoms. The Morgan fingerprint density at radius 2 is 2.21 bits per heavy atom. The van der Waals surface area contributed by atoms with E-state index in [1.165, 1.54) is 18.2 Å². The highest BCUT2D eigenvalue weighted by Crippen LogP contribution is 2.13. The number of nitrogens with zero attached hydrogens (tertiary/aromatic N) is 1. The molecule has 1 atom stereocenters. The van der Waals surface area contributed by atoms with Gasteiger partial charge in [0.2, 0.25) is 0 Å². The highest BCUT2D eigenvalue weighted by Gasteiger charge is 2.11. The SMILES string of the molecule is CCC(C)N(C)CCNC(=O)c1ccc(F)cc1I. The summed E-state index contributed by atoms with van der Waals surface area (Å²) in [6.45, 7) is 5.69. The van der Waals surface area contributed by atoms with Crippen molar-refractivity contribution in [1.29, 1.82) is 0 Å². The highest BCUT2D eigenvalue weighted by atomic mass is 127. The molecule has 1 N–H and O–H groups in total. The minimum atomic E-state index is -0.322. The Morgan fingerprint density at radius 1 is 1.53 bits per heavy atom. The third-order valence-electron chi connectivity index (χ3n) is 3.27. The molecule has 1 amide bonds. The first kappa shape index (κ1) is 16.4. The van der Waals surface area contributed by atoms with Crippen LogP contribution in [0, 0.1) is 9.39 Å². The van der Waals surface area contributed by atoms with E-state index in [9.17, 15) is 9.18 Å². The standard InChI is InChI=1S/C14H20FIN2O/c1-4-10(2)18(3)8-7-17-14(19)12-6-5-11(15)9-13(12)16/h5-6,9-10H,4,7-8H2,1-3H3,(H,17,19). The van der Waals surface area contributed by atoms with Gasteiger partial charge in [0, 0.05) is 22.7 Å². The van der Waals surface area contributed by atoms with Gasteiger partial charge in [0.25, 0.3) is 5.91 Å². The molecule has 0 aromatic heterocycles. The number of benzene rings is 1. The maximum atomic E-state index is 13.0. The number of carbonyl (C=O) groups excluding carboxylic acids is 1. The lowest BCUT2D eigenvalue weighted by Gasteiger charge is -2.23. The number of hydrogen-bond donors (Lipinski definition) is 1. The summed E-state index contributed by atoms with van der Waals surface area (Å²) in [5, 5.41) is 2.86. The quantitative estimate of drug-likeness (QED) is 0.773. The second-order valence-electron chi connectivity index (χ2n) is 4.62. The number of nitrogens with one attached hydrogen (secondary N) is 1. The second-order valence-corrected chi connectivity index (χ2v) is 5.78. The van der Waals surface area contributed by atoms with Crippen molar-refractivity contribution in [2.45, 2.75) is 26.3 Å². The predicted octanol–water partition coefficient (Wildman–Crippen LogP) is 2.89. The van der Waals surface area contributed by atoms with Gasteiger partial charge in [0.1, 0.15) is 5.82 Å². The van der Waals surface area contributed by atoms with E-state index in [0.29, 0.717) is 21.7 Å². The van der Waals surface area contributed by atoms with Crippen LogP contribution >= 0.6 is 22.6 Å². The van der Waals surface area contributed by atoms with Crippen molar-refractivity contribution in [2.75, 3.05) is 20.1 Å². The molecule has 0 saturated carbocycles. The summed E-state index contributed by atoms with van der Waals surface area (Å²) in [6, 6.07) is 4.69. The topological polar surface area (TPSA) is 32.3 Å². The third kappa shape index (κ3) is 5.06. The van der Waals surface area contributed by atoms with Crippen molar-refractivity contribution in [1.82, 2.24) is 10.2 Å². The molecule has 3 nitrogen and oxygen atoms in total. The van der Waals surface area contributed by atoms with Crippen LogP contribution in [-0.2, 0) is 0 Å². The van der Waals surface area contributed by atoms with E-state index in [-0.39, 0.29) is 11.7 Å². The lowest BCUT2D eigenvalue weighted by Crippen LogP contribution is -2.37. The molecular formula is C14H20FIN2O. The van der Waals surface area contributed by atoms with Crippen LogP contribution in [0.5, 0.6) is 0 Å². The van der Waals surface area contributed by atoms with Gasteiger partial charge in [0.15, 0.2) is 0 Å². The molecule has 106 valence electrons. The van der Waals surface area contributed by atoms with Gasteiger partial charge in [-0.25, -0.2) is 4.39 Å². The number of hydrogen-bond acceptors (Lipinski definition) is 2. The van der Waals surface area contributed by atoms with Crippen LogP contribution in [0.25, 0.3) is 0 Å². The van der Waals surface area contributed by atoms with Crippen molar-refractivity contribution in [3.05, 3.63) is 33.1 Å². The zero-order valence-electron chi connectivity index (χ0n) is 11.5. The van der Waals surface area contributed by atoms with Gasteiger partial charge < -0.3 is 10.2 Å². The molecule has 1 unspecified atom stereocenters. The number of amides is 1. The van der Waals surface area contributed by atoms with Crippen molar-refractivity contribution in [2.24, 2.45) is 0 Å². The van der Waals surface area contributed by atoms with Crippen LogP contribution in [-0.4, -0.2) is 37.0 Å². The average molecular weight is 378 g/mol. The molecular weight excluding hydrogens is 358 g/mol. The van der Waals surface area contributed by atoms with E-state index in [4.69, 9.17) is 0 Å². The van der Waals surface area contributed by atoms with Crippen LogP contribution in [0.4, 0.5) is 4.39 Å². The summed E-state index contributed by atoms with van der Waals surface area (Å²) >= 11 is 1.97. The Morgan fingerprint density at radius 3 is 2.79 bits per heavy atom. The Bertz CT molecular complexity index is 439. The Balaban J connectivity index is 2.47. The maximum absolute atomic E-state index is 13.0. The molecule has 0 fully saturated rings. The zero-order valence-corrected chi connectivity index (χ0v) is 13.7. The van der Waals surface area contributed by atoms with Gasteiger partial charge >= 0.3 is 0 Å². The van der Waals surface area contributed by atoms with Gasteiger partial charge in [0.05, 0.1) is 5.56 Å². The normalized spacial score (nSPS) is 12.5. The van der Waals surface area contributed by atoms with Crippen LogP contribution in [0.15, 0.2) is 18.2 Å². The first-order valence-electron chi connectivity index (χ1n) is 6.39. The minimum absolute atomic E-state index is 0.151. The maximum Gasteiger partial charge on any atom is 0.252 e. The molecule has 19 heavy (non-hydrogen) atoms. The Labute approximate surface area is 127 Å². The van der Waals surface area contributed by atoms with Gasteiger partial charge in [-0.3, -0.25) is 4.79 Å². The van der Waals surface area contributed by atoms with Crippen LogP contribution < -0.4 is 5.32 Å². The van der Waals surface area contributed by atoms with Crippen LogP contribution in [0.1, 0.15) is 30.6 Å². The predicted molar refractivity (Wildman–Crippen MR) is 83.8 cm³/mol. The van der Waals surface area contributed by atoms with E-state index < -0.39 is 0 Å². The monoisotopic (exact) mass is 378 g/mol. The molecule has 0 saturated heterocycles. The molecule has 0 radical (unpaired) electrons. The summed E-state index contributed by atoms with van der Waals surface area (Å²) < 4.78 is 13.6. The van der Waals surface area contributed by atoms with Gasteiger partial charge in [-0.1, -0.05) is 6.92 Å². The minimum Gasteiger partial charge on any atom is -0.351 e. The van der Waals surface area contributed by atoms with Gasteiger partial charge in [-0.2, -0.15) is 0 Å². The molecule has 1 aromatic rings. The molecule has 0 aliphatic rings. The summed E-state index contributed by atoms with van der Waals surface area (Å²) in [5.41, 5.74) is 0.521. The van der Waals surface area contributed by atoms with Gasteiger partial charge in [-0.05, 0) is 61.2 Å². The zero-order chi connectivity index (χ0) is 14.4. The van der Waals surface area contributed by atoms with E-state index in [2.05, 4.69) is 24.1 Å². The second kappa shape index (κ2) is 7.79. The molecule has 1 rings (SSSR count). The largest absolute Gasteiger partial charge is 0.351 e. The van der Waals surface area contributed by atoms with Crippen LogP contribution in [0.3, 0.4) is 0 Å². The smallest absolute Gasteiger partial charge is 0.252 e. The fourth-order valence-corrected chi connectivity index (χ4v) is 2.37. The van der Waals surface area contributed by atoms with E-state index in [0.717, 1.165) is 13.0 Å². The molecule has 1 aromatic carbocycles. The van der Waals surface area contributed by atoms with Gasteiger partial charge in [-0.15, -0.1) is 0 Å². The summed E-state index contributed by atoms with van der Waals surface area (Å²) in [5.74, 6) is -0.473. The number of halogens is 2. The summed E-state index contributed by atoms with van der Waals surface area (Å²) in [7, 11) is 2.04. The molecule has 0 heterocycles. The Hall–Kier alpha value is -0.690. The first-order valence-corrected chi connectivity index (χ1v) is 7.47. The number of likely N-dealkylation sites (N-methyl/N-ethyl adjacent to an activating group) is 1. The lowest BCUT2D eigenvalue weighted by atomic mass is 10.2. The fourth-order valence-electron chi connectivity index (χ4n) is 1.65. The van der Waals surface area contributed by atoms with E-state index in [1.54, 1.807) is 0 Å². The Kier molecular flexibility index (Phi) is 6.71. The van der Waals surface area contributed by atoms with Crippen molar-refractivity contribution >= 4 is 28.5 Å². The molecule has 0 aliphatic carbocycles. The number of rotatable bonds is 6. The fraction of sp³-hybridized carbons (Fsp3) is 0.500. The van der Waals surface area contributed by atoms with Crippen molar-refractivity contribution in [3.8, 4) is 0 Å². The van der Waals surface area contributed by atoms with Crippen molar-refractivity contribution < 1.29 is 9.18 Å². The molecule has 0 spiro atoms. The molecule has 0 aliphatic heterocycles. The highest BCUT2D eigenvalue weighted by molar-refractivity contribution is 14.1. The first-order chi connectivity index (χ1) is 8.95. The van der Waals surface area contributed by atoms with E-state index in [1.807, 2.05) is 29.6 Å². The average Bonchev–Trinajstić information content (AvgIpc) is 2.37. The lowest BCUT2D eigenvalue weighted by molar-refractivity contribution is 0.0946. The molecule has 5 heteroatoms. The summed E-state index contributed by atoms with van der Waals surface area (Å²) in [4.78, 5) is 14.1. The number of carbonyl (C=O) groups is 1. The summed E-state index contributed by atoms with van der Waals surface area (Å²) in [6.07, 6.45) is 1.08. The van der Waals surface area contributed by atoms with E-state index >= 15 is 0 Å².